The van der Waals surface area contributed by atoms with Crippen LogP contribution in [0.25, 0.3) is 0 Å². The Kier molecular flexibility index (Phi) is 2.25. The van der Waals surface area contributed by atoms with E-state index >= 15 is 0 Å². The Morgan fingerprint density at radius 3 is 2.90 bits per heavy atom. The van der Waals surface area contributed by atoms with Crippen LogP contribution >= 0.6 is 0 Å². The van der Waals surface area contributed by atoms with Gasteiger partial charge in [-0.1, -0.05) is 24.6 Å². The Balaban J connectivity index is 1.55. The van der Waals surface area contributed by atoms with Crippen molar-refractivity contribution >= 4 is 5.78 Å². The molecule has 6 aliphatic carbocycles. The van der Waals surface area contributed by atoms with Crippen LogP contribution in [0.5, 0.6) is 0 Å². The predicted octanol–water partition coefficient (Wildman–Crippen LogP) is 4.68. The van der Waals surface area contributed by atoms with Crippen molar-refractivity contribution in [3.63, 3.8) is 0 Å². The molecule has 21 heavy (non-hydrogen) atoms. The fraction of sp³-hybridized carbons (Fsp3) is 0.750. The summed E-state index contributed by atoms with van der Waals surface area (Å²) in [7, 11) is 0. The van der Waals surface area contributed by atoms with Gasteiger partial charge in [-0.25, -0.2) is 0 Å². The van der Waals surface area contributed by atoms with Gasteiger partial charge in [0, 0.05) is 6.42 Å². The average Bonchev–Trinajstić information content (AvgIpc) is 2.77. The van der Waals surface area contributed by atoms with E-state index in [0.29, 0.717) is 16.6 Å². The molecule has 0 aromatic rings. The zero-order valence-corrected chi connectivity index (χ0v) is 13.2. The van der Waals surface area contributed by atoms with E-state index in [9.17, 15) is 4.79 Å². The summed E-state index contributed by atoms with van der Waals surface area (Å²) in [5, 5.41) is 0. The molecule has 5 saturated carbocycles. The van der Waals surface area contributed by atoms with Crippen LogP contribution in [0, 0.1) is 34.5 Å². The molecule has 1 nitrogen and oxygen atoms in total. The minimum absolute atomic E-state index is 0.402. The highest BCUT2D eigenvalue weighted by Gasteiger charge is 2.65. The molecule has 0 heterocycles. The van der Waals surface area contributed by atoms with Gasteiger partial charge < -0.3 is 0 Å². The largest absolute Gasteiger partial charge is 0.295 e. The molecule has 2 bridgehead atoms. The topological polar surface area (TPSA) is 17.1 Å². The second-order valence-corrected chi connectivity index (χ2v) is 8.83. The molecular weight excluding hydrogens is 256 g/mol. The smallest absolute Gasteiger partial charge is 0.155 e. The van der Waals surface area contributed by atoms with Crippen LogP contribution in [0.15, 0.2) is 23.8 Å². The standard InChI is InChI=1S/C20H26O/c1-12-3-4-16-15-9-13-11-20(8-5-14(21)10-18(13)20)17(15)6-7-19(12,16)2/h10,13,15-17H,1,3-9,11H2,2H3/t13-,15?,16?,17?,19-,20+/m1/s1. The van der Waals surface area contributed by atoms with Gasteiger partial charge in [-0.15, -0.1) is 0 Å². The minimum atomic E-state index is 0.402. The summed E-state index contributed by atoms with van der Waals surface area (Å²) >= 11 is 0. The number of hydrogen-bond donors (Lipinski definition) is 0. The Morgan fingerprint density at radius 2 is 2.05 bits per heavy atom. The number of carbonyl (C=O) groups excluding carboxylic acids is 1. The summed E-state index contributed by atoms with van der Waals surface area (Å²) in [6.07, 6.45) is 12.2. The lowest BCUT2D eigenvalue weighted by Crippen LogP contribution is -2.59. The molecule has 0 N–H and O–H groups in total. The molecule has 3 unspecified atom stereocenters. The van der Waals surface area contributed by atoms with Gasteiger partial charge in [0.05, 0.1) is 0 Å². The predicted molar refractivity (Wildman–Crippen MR) is 83.7 cm³/mol. The van der Waals surface area contributed by atoms with Gasteiger partial charge in [-0.2, -0.15) is 0 Å². The fourth-order valence-electron chi connectivity index (χ4n) is 7.34. The number of carbonyl (C=O) groups is 1. The molecule has 0 aliphatic heterocycles. The molecule has 5 fully saturated rings. The SMILES string of the molecule is C=C1CCC2C3C[C@@H]4C[C@@]5(CCC(=O)C=C45)C3CC[C@]12C. The summed E-state index contributed by atoms with van der Waals surface area (Å²) < 4.78 is 0. The summed E-state index contributed by atoms with van der Waals surface area (Å²) in [5.41, 5.74) is 4.03. The number of allylic oxidation sites excluding steroid dienone is 2. The lowest BCUT2D eigenvalue weighted by Gasteiger charge is -2.67. The minimum Gasteiger partial charge on any atom is -0.295 e. The summed E-state index contributed by atoms with van der Waals surface area (Å²) in [6.45, 7) is 6.91. The van der Waals surface area contributed by atoms with Crippen molar-refractivity contribution in [1.29, 1.82) is 0 Å². The van der Waals surface area contributed by atoms with Crippen LogP contribution in [0.3, 0.4) is 0 Å². The molecule has 6 aliphatic rings. The highest BCUT2D eigenvalue weighted by Crippen LogP contribution is 2.74. The van der Waals surface area contributed by atoms with Gasteiger partial charge in [0.15, 0.2) is 5.78 Å². The van der Waals surface area contributed by atoms with Crippen molar-refractivity contribution in [2.75, 3.05) is 0 Å². The van der Waals surface area contributed by atoms with E-state index in [1.807, 2.05) is 0 Å². The van der Waals surface area contributed by atoms with E-state index in [1.54, 1.807) is 5.57 Å². The summed E-state index contributed by atoms with van der Waals surface area (Å²) in [6, 6.07) is 0. The number of ketones is 1. The molecular formula is C20H26O. The second kappa shape index (κ2) is 3.73. The van der Waals surface area contributed by atoms with Crippen LogP contribution in [-0.4, -0.2) is 5.78 Å². The summed E-state index contributed by atoms with van der Waals surface area (Å²) in [4.78, 5) is 11.8. The lowest BCUT2D eigenvalue weighted by molar-refractivity contribution is -0.128. The highest BCUT2D eigenvalue weighted by atomic mass is 16.1. The molecule has 6 rings (SSSR count). The van der Waals surface area contributed by atoms with Gasteiger partial charge >= 0.3 is 0 Å². The molecule has 0 aromatic heterocycles. The maximum absolute atomic E-state index is 11.8. The Bertz CT molecular complexity index is 585. The van der Waals surface area contributed by atoms with E-state index in [4.69, 9.17) is 0 Å². The van der Waals surface area contributed by atoms with E-state index in [0.717, 1.165) is 30.1 Å². The third kappa shape index (κ3) is 1.33. The van der Waals surface area contributed by atoms with Crippen LogP contribution < -0.4 is 0 Å². The fourth-order valence-corrected chi connectivity index (χ4v) is 7.34. The average molecular weight is 282 g/mol. The van der Waals surface area contributed by atoms with Crippen LogP contribution in [0.2, 0.25) is 0 Å². The Hall–Kier alpha value is -0.850. The third-order valence-electron chi connectivity index (χ3n) is 8.42. The van der Waals surface area contributed by atoms with Crippen LogP contribution in [0.4, 0.5) is 0 Å². The van der Waals surface area contributed by atoms with E-state index in [2.05, 4.69) is 19.6 Å². The Labute approximate surface area is 127 Å². The first-order valence-electron chi connectivity index (χ1n) is 8.98. The zero-order valence-electron chi connectivity index (χ0n) is 13.2. The third-order valence-corrected chi connectivity index (χ3v) is 8.42. The molecule has 1 spiro atoms. The van der Waals surface area contributed by atoms with Crippen molar-refractivity contribution in [2.45, 2.75) is 58.3 Å². The lowest BCUT2D eigenvalue weighted by atomic mass is 9.37. The molecule has 1 heteroatoms. The van der Waals surface area contributed by atoms with Crippen molar-refractivity contribution in [3.8, 4) is 0 Å². The maximum atomic E-state index is 11.8. The van der Waals surface area contributed by atoms with Gasteiger partial charge in [0.2, 0.25) is 0 Å². The first-order chi connectivity index (χ1) is 10.0. The highest BCUT2D eigenvalue weighted by molar-refractivity contribution is 5.92. The van der Waals surface area contributed by atoms with Gasteiger partial charge in [0.25, 0.3) is 0 Å². The summed E-state index contributed by atoms with van der Waals surface area (Å²) in [5.74, 6) is 3.85. The molecule has 0 radical (unpaired) electrons. The number of rotatable bonds is 0. The van der Waals surface area contributed by atoms with Crippen molar-refractivity contribution in [2.24, 2.45) is 34.5 Å². The van der Waals surface area contributed by atoms with Crippen molar-refractivity contribution in [3.05, 3.63) is 23.8 Å². The zero-order chi connectivity index (χ0) is 14.4. The van der Waals surface area contributed by atoms with Gasteiger partial charge in [0.1, 0.15) is 0 Å². The van der Waals surface area contributed by atoms with E-state index in [1.165, 1.54) is 50.5 Å². The Morgan fingerprint density at radius 1 is 1.19 bits per heavy atom. The molecule has 0 aromatic carbocycles. The number of hydrogen-bond acceptors (Lipinski definition) is 1. The second-order valence-electron chi connectivity index (χ2n) is 8.83. The molecule has 112 valence electrons. The van der Waals surface area contributed by atoms with E-state index in [-0.39, 0.29) is 0 Å². The van der Waals surface area contributed by atoms with E-state index < -0.39 is 0 Å². The first-order valence-corrected chi connectivity index (χ1v) is 8.98. The molecule has 6 atom stereocenters. The van der Waals surface area contributed by atoms with Gasteiger partial charge in [-0.3, -0.25) is 4.79 Å². The van der Waals surface area contributed by atoms with Crippen molar-refractivity contribution in [1.82, 2.24) is 0 Å². The van der Waals surface area contributed by atoms with Gasteiger partial charge in [-0.05, 0) is 85.5 Å². The van der Waals surface area contributed by atoms with Crippen molar-refractivity contribution < 1.29 is 4.79 Å². The first kappa shape index (κ1) is 12.7. The number of fused-ring (bicyclic) bond motifs is 1. The molecule has 0 saturated heterocycles. The normalized spacial score (nSPS) is 54.2. The maximum Gasteiger partial charge on any atom is 0.155 e. The molecule has 0 amide bonds. The van der Waals surface area contributed by atoms with Crippen LogP contribution in [0.1, 0.15) is 58.3 Å². The monoisotopic (exact) mass is 282 g/mol. The van der Waals surface area contributed by atoms with Crippen LogP contribution in [-0.2, 0) is 4.79 Å². The quantitative estimate of drug-likeness (QED) is 0.589.